The summed E-state index contributed by atoms with van der Waals surface area (Å²) in [5.41, 5.74) is 2.59. The molecule has 2 heterocycles. The highest BCUT2D eigenvalue weighted by Gasteiger charge is 2.40. The minimum Gasteiger partial charge on any atom is -0.487 e. The molecule has 1 aliphatic heterocycles. The number of amides is 1. The minimum atomic E-state index is -0.608. The van der Waals surface area contributed by atoms with Gasteiger partial charge < -0.3 is 19.1 Å². The lowest BCUT2D eigenvalue weighted by Gasteiger charge is -2.24. The highest BCUT2D eigenvalue weighted by atomic mass is 16.6. The molecular formula is C30H38N2O5. The average Bonchev–Trinajstić information content (AvgIpc) is 3.40. The first kappa shape index (κ1) is 26.6. The Morgan fingerprint density at radius 1 is 0.838 bits per heavy atom. The lowest BCUT2D eigenvalue weighted by molar-refractivity contribution is 0.0275. The number of benzene rings is 2. The number of ether oxygens (including phenoxy) is 3. The van der Waals surface area contributed by atoms with Crippen molar-refractivity contribution < 1.29 is 23.8 Å². The number of rotatable bonds is 3. The third-order valence-electron chi connectivity index (χ3n) is 6.30. The van der Waals surface area contributed by atoms with Crippen molar-refractivity contribution in [2.75, 3.05) is 13.1 Å². The van der Waals surface area contributed by atoms with Gasteiger partial charge in [-0.2, -0.15) is 0 Å². The van der Waals surface area contributed by atoms with Crippen LogP contribution in [0.15, 0.2) is 48.7 Å². The second-order valence-electron chi connectivity index (χ2n) is 11.8. The highest BCUT2D eigenvalue weighted by molar-refractivity contribution is 5.96. The molecule has 7 nitrogen and oxygen atoms in total. The zero-order valence-corrected chi connectivity index (χ0v) is 23.1. The maximum absolute atomic E-state index is 12.9. The van der Waals surface area contributed by atoms with Crippen LogP contribution >= 0.6 is 0 Å². The first-order valence-corrected chi connectivity index (χ1v) is 12.8. The van der Waals surface area contributed by atoms with Crippen molar-refractivity contribution in [3.05, 3.63) is 65.4 Å². The zero-order chi connectivity index (χ0) is 27.1. The topological polar surface area (TPSA) is 70.0 Å². The van der Waals surface area contributed by atoms with Gasteiger partial charge in [-0.1, -0.05) is 36.4 Å². The molecule has 0 N–H and O–H groups in total. The summed E-state index contributed by atoms with van der Waals surface area (Å²) in [7, 11) is 0. The van der Waals surface area contributed by atoms with Gasteiger partial charge in [-0.05, 0) is 78.1 Å². The van der Waals surface area contributed by atoms with E-state index in [-0.39, 0.29) is 18.1 Å². The lowest BCUT2D eigenvalue weighted by atomic mass is 9.96. The van der Waals surface area contributed by atoms with Gasteiger partial charge in [0.25, 0.3) is 0 Å². The Hall–Kier alpha value is -3.48. The van der Waals surface area contributed by atoms with Crippen molar-refractivity contribution in [1.29, 1.82) is 0 Å². The molecule has 0 saturated carbocycles. The molecule has 4 rings (SSSR count). The molecule has 37 heavy (non-hydrogen) atoms. The van der Waals surface area contributed by atoms with E-state index in [0.29, 0.717) is 18.8 Å². The van der Waals surface area contributed by atoms with Crippen LogP contribution in [0.5, 0.6) is 5.75 Å². The standard InChI is InChI=1S/C30H38N2O5/c1-19-16-20(2)26(22-14-15-32(25(19)22)28(34)37-30(6,7)8)35-24-18-31(27(33)36-29(3,4)5)17-23(24)21-12-10-9-11-13-21/h9-16,23-24H,17-18H2,1-8H3/t23-,24?/m0/s1. The quantitative estimate of drug-likeness (QED) is 0.390. The summed E-state index contributed by atoms with van der Waals surface area (Å²) in [6.07, 6.45) is 0.666. The normalized spacial score (nSPS) is 18.2. The van der Waals surface area contributed by atoms with Crippen molar-refractivity contribution in [2.24, 2.45) is 0 Å². The summed E-state index contributed by atoms with van der Waals surface area (Å²) in [5, 5.41) is 0.839. The van der Waals surface area contributed by atoms with Crippen LogP contribution in [0.25, 0.3) is 10.9 Å². The second kappa shape index (κ2) is 9.77. The monoisotopic (exact) mass is 506 g/mol. The van der Waals surface area contributed by atoms with Gasteiger partial charge in [0.05, 0.1) is 12.1 Å². The average molecular weight is 507 g/mol. The maximum atomic E-state index is 12.9. The van der Waals surface area contributed by atoms with E-state index < -0.39 is 17.3 Å². The van der Waals surface area contributed by atoms with Crippen LogP contribution in [-0.2, 0) is 9.47 Å². The molecule has 2 atom stereocenters. The lowest BCUT2D eigenvalue weighted by Crippen LogP contribution is -2.36. The number of carbonyl (C=O) groups excluding carboxylic acids is 2. The molecule has 1 unspecified atom stereocenters. The van der Waals surface area contributed by atoms with Crippen molar-refractivity contribution in [3.63, 3.8) is 0 Å². The molecule has 1 aromatic heterocycles. The molecule has 0 aliphatic carbocycles. The summed E-state index contributed by atoms with van der Waals surface area (Å²) < 4.78 is 19.6. The van der Waals surface area contributed by atoms with Crippen molar-refractivity contribution in [1.82, 2.24) is 9.47 Å². The Morgan fingerprint density at radius 2 is 1.46 bits per heavy atom. The first-order valence-electron chi connectivity index (χ1n) is 12.8. The fraction of sp³-hybridized carbons (Fsp3) is 0.467. The molecule has 0 radical (unpaired) electrons. The Labute approximate surface area is 219 Å². The summed E-state index contributed by atoms with van der Waals surface area (Å²) >= 11 is 0. The van der Waals surface area contributed by atoms with Gasteiger partial charge in [0.15, 0.2) is 0 Å². The Morgan fingerprint density at radius 3 is 2.08 bits per heavy atom. The fourth-order valence-electron chi connectivity index (χ4n) is 4.85. The van der Waals surface area contributed by atoms with Crippen molar-refractivity contribution in [2.45, 2.75) is 78.6 Å². The van der Waals surface area contributed by atoms with E-state index in [1.165, 1.54) is 0 Å². The van der Waals surface area contributed by atoms with E-state index in [1.54, 1.807) is 15.7 Å². The van der Waals surface area contributed by atoms with Gasteiger partial charge in [0.2, 0.25) is 0 Å². The maximum Gasteiger partial charge on any atom is 0.419 e. The predicted octanol–water partition coefficient (Wildman–Crippen LogP) is 6.82. The zero-order valence-electron chi connectivity index (χ0n) is 23.1. The molecule has 1 amide bonds. The van der Waals surface area contributed by atoms with Gasteiger partial charge >= 0.3 is 12.2 Å². The summed E-state index contributed by atoms with van der Waals surface area (Å²) in [4.78, 5) is 27.6. The number of fused-ring (bicyclic) bond motifs is 1. The third kappa shape index (κ3) is 5.92. The molecule has 0 spiro atoms. The van der Waals surface area contributed by atoms with E-state index >= 15 is 0 Å². The summed E-state index contributed by atoms with van der Waals surface area (Å²) in [5.74, 6) is 0.678. The van der Waals surface area contributed by atoms with E-state index in [2.05, 4.69) is 12.1 Å². The van der Waals surface area contributed by atoms with Crippen molar-refractivity contribution >= 4 is 23.1 Å². The smallest absolute Gasteiger partial charge is 0.419 e. The number of nitrogens with zero attached hydrogens (tertiary/aromatic N) is 2. The fourth-order valence-corrected chi connectivity index (χ4v) is 4.85. The van der Waals surface area contributed by atoms with Gasteiger partial charge in [-0.15, -0.1) is 0 Å². The van der Waals surface area contributed by atoms with Gasteiger partial charge in [0, 0.05) is 24.0 Å². The van der Waals surface area contributed by atoms with E-state index in [4.69, 9.17) is 14.2 Å². The van der Waals surface area contributed by atoms with Gasteiger partial charge in [-0.3, -0.25) is 4.57 Å². The molecule has 198 valence electrons. The van der Waals surface area contributed by atoms with Crippen LogP contribution in [0.1, 0.15) is 64.2 Å². The number of aromatic nitrogens is 1. The first-order chi connectivity index (χ1) is 17.2. The SMILES string of the molecule is Cc1cc(C)c2c(ccn2C(=O)OC(C)(C)C)c1OC1CN(C(=O)OC(C)(C)C)C[C@H]1c1ccccc1. The number of hydrogen-bond acceptors (Lipinski definition) is 5. The number of likely N-dealkylation sites (tertiary alicyclic amines) is 1. The molecular weight excluding hydrogens is 468 g/mol. The van der Waals surface area contributed by atoms with Crippen molar-refractivity contribution in [3.8, 4) is 5.75 Å². The summed E-state index contributed by atoms with van der Waals surface area (Å²) in [6, 6.07) is 14.0. The van der Waals surface area contributed by atoms with Crippen LogP contribution in [0, 0.1) is 13.8 Å². The Kier molecular flexibility index (Phi) is 7.01. The second-order valence-corrected chi connectivity index (χ2v) is 11.8. The molecule has 2 aromatic carbocycles. The van der Waals surface area contributed by atoms with Crippen LogP contribution < -0.4 is 4.74 Å². The Bertz CT molecular complexity index is 1300. The molecule has 1 aliphatic rings. The van der Waals surface area contributed by atoms with E-state index in [0.717, 1.165) is 27.6 Å². The molecule has 1 fully saturated rings. The minimum absolute atomic E-state index is 0.0302. The number of carbonyl (C=O) groups is 2. The molecule has 0 bridgehead atoms. The van der Waals surface area contributed by atoms with Gasteiger partial charge in [0.1, 0.15) is 23.1 Å². The number of aryl methyl sites for hydroxylation is 2. The highest BCUT2D eigenvalue weighted by Crippen LogP contribution is 2.38. The third-order valence-corrected chi connectivity index (χ3v) is 6.30. The summed E-state index contributed by atoms with van der Waals surface area (Å²) in [6.45, 7) is 16.0. The van der Waals surface area contributed by atoms with Crippen LogP contribution in [0.4, 0.5) is 9.59 Å². The van der Waals surface area contributed by atoms with Crippen LogP contribution in [0.2, 0.25) is 0 Å². The van der Waals surface area contributed by atoms with E-state index in [9.17, 15) is 9.59 Å². The Balaban J connectivity index is 1.70. The molecule has 3 aromatic rings. The van der Waals surface area contributed by atoms with E-state index in [1.807, 2.05) is 85.7 Å². The van der Waals surface area contributed by atoms with Gasteiger partial charge in [-0.25, -0.2) is 9.59 Å². The largest absolute Gasteiger partial charge is 0.487 e. The molecule has 1 saturated heterocycles. The van der Waals surface area contributed by atoms with Crippen LogP contribution in [0.3, 0.4) is 0 Å². The van der Waals surface area contributed by atoms with Crippen LogP contribution in [-0.4, -0.2) is 52.0 Å². The predicted molar refractivity (Wildman–Crippen MR) is 144 cm³/mol. The molecule has 7 heteroatoms. The number of hydrogen-bond donors (Lipinski definition) is 0.